The zero-order chi connectivity index (χ0) is 23.8. The minimum atomic E-state index is 0.0496. The van der Waals surface area contributed by atoms with Crippen LogP contribution in [0.2, 0.25) is 0 Å². The van der Waals surface area contributed by atoms with E-state index in [-0.39, 0.29) is 24.7 Å². The lowest BCUT2D eigenvalue weighted by atomic mass is 10.1. The van der Waals surface area contributed by atoms with Crippen molar-refractivity contribution in [3.63, 3.8) is 0 Å². The van der Waals surface area contributed by atoms with Gasteiger partial charge in [-0.15, -0.1) is 0 Å². The second kappa shape index (κ2) is 11.8. The number of benzene rings is 2. The SMILES string of the molecule is N=C(CC(=O)CN1CCN(c2ccccc2Oc2ccccc2)CC1)CN1CCCCCC1=O. The molecule has 2 aromatic rings. The molecule has 0 aliphatic carbocycles. The highest BCUT2D eigenvalue weighted by molar-refractivity contribution is 6.03. The number of amides is 1. The van der Waals surface area contributed by atoms with Gasteiger partial charge in [-0.1, -0.05) is 36.8 Å². The fraction of sp³-hybridized carbons (Fsp3) is 0.444. The Balaban J connectivity index is 1.25. The number of likely N-dealkylation sites (tertiary alicyclic amines) is 1. The lowest BCUT2D eigenvalue weighted by molar-refractivity contribution is -0.130. The van der Waals surface area contributed by atoms with Crippen LogP contribution in [-0.4, -0.2) is 73.0 Å². The Hall–Kier alpha value is -3.19. The van der Waals surface area contributed by atoms with Gasteiger partial charge in [0, 0.05) is 51.3 Å². The number of Topliss-reactive ketones (excluding diaryl/α,β-unsaturated/α-hetero) is 1. The fourth-order valence-electron chi connectivity index (χ4n) is 4.60. The maximum absolute atomic E-state index is 12.6. The quantitative estimate of drug-likeness (QED) is 0.571. The lowest BCUT2D eigenvalue weighted by Crippen LogP contribution is -2.48. The first-order valence-electron chi connectivity index (χ1n) is 12.2. The molecule has 0 spiro atoms. The van der Waals surface area contributed by atoms with Gasteiger partial charge < -0.3 is 19.9 Å². The standard InChI is InChI=1S/C27H34N4O3/c28-22(20-31-14-8-2-5-13-27(31)33)19-23(32)21-29-15-17-30(18-16-29)25-11-6-7-12-26(25)34-24-9-3-1-4-10-24/h1,3-4,6-7,9-12,28H,2,5,8,13-21H2. The molecule has 1 N–H and O–H groups in total. The maximum Gasteiger partial charge on any atom is 0.222 e. The summed E-state index contributed by atoms with van der Waals surface area (Å²) in [5.74, 6) is 1.80. The highest BCUT2D eigenvalue weighted by Gasteiger charge is 2.23. The molecule has 34 heavy (non-hydrogen) atoms. The maximum atomic E-state index is 12.6. The van der Waals surface area contributed by atoms with E-state index >= 15 is 0 Å². The van der Waals surface area contributed by atoms with Crippen molar-refractivity contribution in [2.45, 2.75) is 32.1 Å². The Bertz CT molecular complexity index is 986. The van der Waals surface area contributed by atoms with E-state index in [1.807, 2.05) is 48.5 Å². The van der Waals surface area contributed by atoms with Gasteiger partial charge in [-0.25, -0.2) is 0 Å². The van der Waals surface area contributed by atoms with Crippen molar-refractivity contribution in [3.8, 4) is 11.5 Å². The van der Waals surface area contributed by atoms with Crippen molar-refractivity contribution in [1.82, 2.24) is 9.80 Å². The second-order valence-corrected chi connectivity index (χ2v) is 9.09. The summed E-state index contributed by atoms with van der Waals surface area (Å²) in [4.78, 5) is 31.0. The number of hydrogen-bond donors (Lipinski definition) is 1. The van der Waals surface area contributed by atoms with Gasteiger partial charge in [0.1, 0.15) is 5.75 Å². The van der Waals surface area contributed by atoms with Crippen LogP contribution in [0.3, 0.4) is 0 Å². The molecule has 2 saturated heterocycles. The summed E-state index contributed by atoms with van der Waals surface area (Å²) in [6.07, 6.45) is 3.65. The molecule has 2 aliphatic heterocycles. The van der Waals surface area contributed by atoms with Crippen LogP contribution in [0, 0.1) is 5.41 Å². The average Bonchev–Trinajstić information content (AvgIpc) is 3.04. The van der Waals surface area contributed by atoms with E-state index in [2.05, 4.69) is 15.9 Å². The number of carbonyl (C=O) groups is 2. The van der Waals surface area contributed by atoms with Crippen molar-refractivity contribution < 1.29 is 14.3 Å². The van der Waals surface area contributed by atoms with Crippen LogP contribution in [0.25, 0.3) is 0 Å². The molecule has 0 aromatic heterocycles. The van der Waals surface area contributed by atoms with Crippen LogP contribution in [0.1, 0.15) is 32.1 Å². The Labute approximate surface area is 201 Å². The first-order chi connectivity index (χ1) is 16.6. The third kappa shape index (κ3) is 6.67. The van der Waals surface area contributed by atoms with Crippen LogP contribution in [0.5, 0.6) is 11.5 Å². The number of anilines is 1. The molecule has 0 saturated carbocycles. The summed E-state index contributed by atoms with van der Waals surface area (Å²) in [7, 11) is 0. The van der Waals surface area contributed by atoms with Crippen molar-refractivity contribution in [3.05, 3.63) is 54.6 Å². The third-order valence-corrected chi connectivity index (χ3v) is 6.41. The van der Waals surface area contributed by atoms with E-state index in [9.17, 15) is 9.59 Å². The first kappa shape index (κ1) is 24.0. The highest BCUT2D eigenvalue weighted by Crippen LogP contribution is 2.32. The minimum absolute atomic E-state index is 0.0496. The van der Waals surface area contributed by atoms with E-state index < -0.39 is 0 Å². The monoisotopic (exact) mass is 462 g/mol. The van der Waals surface area contributed by atoms with Crippen LogP contribution in [0.15, 0.2) is 54.6 Å². The van der Waals surface area contributed by atoms with Crippen molar-refractivity contribution in [1.29, 1.82) is 5.41 Å². The minimum Gasteiger partial charge on any atom is -0.455 e. The Morgan fingerprint density at radius 2 is 1.59 bits per heavy atom. The van der Waals surface area contributed by atoms with Crippen LogP contribution >= 0.6 is 0 Å². The van der Waals surface area contributed by atoms with Gasteiger partial charge in [-0.05, 0) is 37.1 Å². The van der Waals surface area contributed by atoms with Gasteiger partial charge in [-0.2, -0.15) is 0 Å². The molecule has 7 heteroatoms. The van der Waals surface area contributed by atoms with Gasteiger partial charge in [0.15, 0.2) is 11.5 Å². The van der Waals surface area contributed by atoms with Gasteiger partial charge >= 0.3 is 0 Å². The summed E-state index contributed by atoms with van der Waals surface area (Å²) in [5.41, 5.74) is 1.40. The molecule has 0 atom stereocenters. The van der Waals surface area contributed by atoms with Gasteiger partial charge in [0.05, 0.1) is 18.8 Å². The second-order valence-electron chi connectivity index (χ2n) is 9.09. The van der Waals surface area contributed by atoms with E-state index in [1.54, 1.807) is 4.90 Å². The predicted octanol–water partition coefficient (Wildman–Crippen LogP) is 3.98. The van der Waals surface area contributed by atoms with E-state index in [0.717, 1.165) is 62.6 Å². The van der Waals surface area contributed by atoms with Gasteiger partial charge in [-0.3, -0.25) is 14.5 Å². The smallest absolute Gasteiger partial charge is 0.222 e. The molecular weight excluding hydrogens is 428 g/mol. The molecule has 0 unspecified atom stereocenters. The zero-order valence-corrected chi connectivity index (χ0v) is 19.7. The average molecular weight is 463 g/mol. The molecule has 0 bridgehead atoms. The lowest BCUT2D eigenvalue weighted by Gasteiger charge is -2.36. The number of carbonyl (C=O) groups excluding carboxylic acids is 2. The summed E-state index contributed by atoms with van der Waals surface area (Å²) in [6.45, 7) is 4.52. The van der Waals surface area contributed by atoms with Crippen molar-refractivity contribution in [2.24, 2.45) is 0 Å². The Morgan fingerprint density at radius 3 is 2.38 bits per heavy atom. The molecule has 180 valence electrons. The number of nitrogens with one attached hydrogen (secondary N) is 1. The highest BCUT2D eigenvalue weighted by atomic mass is 16.5. The predicted molar refractivity (Wildman–Crippen MR) is 134 cm³/mol. The Kier molecular flexibility index (Phi) is 8.31. The number of rotatable bonds is 9. The molecule has 2 aromatic carbocycles. The molecule has 1 amide bonds. The van der Waals surface area contributed by atoms with Crippen molar-refractivity contribution >= 4 is 23.1 Å². The number of piperazine rings is 1. The third-order valence-electron chi connectivity index (χ3n) is 6.41. The van der Waals surface area contributed by atoms with E-state index in [4.69, 9.17) is 10.1 Å². The molecule has 2 fully saturated rings. The summed E-state index contributed by atoms with van der Waals surface area (Å²) >= 11 is 0. The molecule has 0 radical (unpaired) electrons. The number of hydrogen-bond acceptors (Lipinski definition) is 6. The molecule has 2 aliphatic rings. The topological polar surface area (TPSA) is 76.9 Å². The van der Waals surface area contributed by atoms with Crippen molar-refractivity contribution in [2.75, 3.05) is 50.7 Å². The molecule has 7 nitrogen and oxygen atoms in total. The zero-order valence-electron chi connectivity index (χ0n) is 19.7. The summed E-state index contributed by atoms with van der Waals surface area (Å²) in [5, 5.41) is 8.24. The number of nitrogens with zero attached hydrogens (tertiary/aromatic N) is 3. The molecular formula is C27H34N4O3. The van der Waals surface area contributed by atoms with Crippen LogP contribution in [-0.2, 0) is 9.59 Å². The molecule has 2 heterocycles. The number of para-hydroxylation sites is 3. The first-order valence-corrected chi connectivity index (χ1v) is 12.2. The summed E-state index contributed by atoms with van der Waals surface area (Å²) < 4.78 is 6.11. The largest absolute Gasteiger partial charge is 0.455 e. The van der Waals surface area contributed by atoms with E-state index in [1.165, 1.54) is 0 Å². The van der Waals surface area contributed by atoms with Gasteiger partial charge in [0.25, 0.3) is 0 Å². The number of ketones is 1. The fourth-order valence-corrected chi connectivity index (χ4v) is 4.60. The Morgan fingerprint density at radius 1 is 0.853 bits per heavy atom. The number of ether oxygens (including phenoxy) is 1. The normalized spacial score (nSPS) is 17.4. The summed E-state index contributed by atoms with van der Waals surface area (Å²) in [6, 6.07) is 17.8. The molecule has 4 rings (SSSR count). The van der Waals surface area contributed by atoms with Crippen LogP contribution in [0.4, 0.5) is 5.69 Å². The van der Waals surface area contributed by atoms with Crippen LogP contribution < -0.4 is 9.64 Å². The van der Waals surface area contributed by atoms with Gasteiger partial charge in [0.2, 0.25) is 5.91 Å². The van der Waals surface area contributed by atoms with E-state index in [0.29, 0.717) is 25.2 Å².